The molecule has 0 bridgehead atoms. The lowest BCUT2D eigenvalue weighted by atomic mass is 10.1. The van der Waals surface area contributed by atoms with E-state index in [1.165, 1.54) is 0 Å². The molecule has 21 heavy (non-hydrogen) atoms. The normalized spacial score (nSPS) is 10.6. The first-order valence-corrected chi connectivity index (χ1v) is 7.40. The Morgan fingerprint density at radius 3 is 2.90 bits per heavy atom. The molecular formula is C15H19ClN4O. The molecule has 0 spiro atoms. The van der Waals surface area contributed by atoms with E-state index in [0.29, 0.717) is 23.8 Å². The molecule has 2 rings (SSSR count). The van der Waals surface area contributed by atoms with Crippen LogP contribution in [-0.2, 0) is 13.0 Å². The van der Waals surface area contributed by atoms with Crippen LogP contribution in [0.15, 0.2) is 24.5 Å². The van der Waals surface area contributed by atoms with Gasteiger partial charge in [0.15, 0.2) is 0 Å². The maximum atomic E-state index is 12.1. The molecule has 2 aromatic rings. The van der Waals surface area contributed by atoms with Gasteiger partial charge in [-0.3, -0.25) is 9.48 Å². The number of hydrogen-bond acceptors (Lipinski definition) is 3. The van der Waals surface area contributed by atoms with Crippen LogP contribution in [0, 0.1) is 6.92 Å². The minimum Gasteiger partial charge on any atom is -0.350 e. The van der Waals surface area contributed by atoms with E-state index in [0.717, 1.165) is 24.1 Å². The molecule has 0 aliphatic heterocycles. The van der Waals surface area contributed by atoms with E-state index in [2.05, 4.69) is 22.3 Å². The van der Waals surface area contributed by atoms with Gasteiger partial charge in [0.2, 0.25) is 0 Å². The zero-order valence-electron chi connectivity index (χ0n) is 12.3. The number of rotatable bonds is 6. The molecule has 0 saturated heterocycles. The Morgan fingerprint density at radius 1 is 1.43 bits per heavy atom. The number of nitrogens with zero attached hydrogens (tertiary/aromatic N) is 3. The Hall–Kier alpha value is -1.88. The number of amides is 1. The van der Waals surface area contributed by atoms with Crippen LogP contribution in [0.5, 0.6) is 0 Å². The second kappa shape index (κ2) is 7.22. The van der Waals surface area contributed by atoms with Crippen LogP contribution in [0.1, 0.15) is 35.0 Å². The molecule has 5 nitrogen and oxygen atoms in total. The molecule has 0 unspecified atom stereocenters. The summed E-state index contributed by atoms with van der Waals surface area (Å²) in [5, 5.41) is 7.39. The number of pyridine rings is 1. The van der Waals surface area contributed by atoms with Crippen LogP contribution in [0.2, 0.25) is 5.15 Å². The molecule has 2 aromatic heterocycles. The Kier molecular flexibility index (Phi) is 5.33. The average molecular weight is 307 g/mol. The number of aryl methyl sites for hydroxylation is 2. The monoisotopic (exact) mass is 306 g/mol. The van der Waals surface area contributed by atoms with Gasteiger partial charge in [0.25, 0.3) is 5.91 Å². The van der Waals surface area contributed by atoms with Gasteiger partial charge in [0.1, 0.15) is 5.15 Å². The van der Waals surface area contributed by atoms with Crippen molar-refractivity contribution in [3.8, 4) is 0 Å². The van der Waals surface area contributed by atoms with Crippen molar-refractivity contribution < 1.29 is 4.79 Å². The van der Waals surface area contributed by atoms with E-state index < -0.39 is 0 Å². The van der Waals surface area contributed by atoms with Gasteiger partial charge in [0, 0.05) is 24.0 Å². The molecule has 6 heteroatoms. The fourth-order valence-corrected chi connectivity index (χ4v) is 2.27. The van der Waals surface area contributed by atoms with E-state index in [9.17, 15) is 4.79 Å². The molecule has 1 N–H and O–H groups in total. The zero-order valence-corrected chi connectivity index (χ0v) is 13.0. The van der Waals surface area contributed by atoms with Gasteiger partial charge < -0.3 is 5.32 Å². The summed E-state index contributed by atoms with van der Waals surface area (Å²) in [6.07, 6.45) is 5.51. The van der Waals surface area contributed by atoms with Crippen molar-refractivity contribution in [2.24, 2.45) is 0 Å². The van der Waals surface area contributed by atoms with Crippen molar-refractivity contribution in [1.29, 1.82) is 0 Å². The number of nitrogens with one attached hydrogen (secondary N) is 1. The highest BCUT2D eigenvalue weighted by molar-refractivity contribution is 6.29. The quantitative estimate of drug-likeness (QED) is 0.835. The van der Waals surface area contributed by atoms with Gasteiger partial charge >= 0.3 is 0 Å². The molecule has 0 aliphatic rings. The van der Waals surface area contributed by atoms with Crippen LogP contribution >= 0.6 is 11.6 Å². The molecule has 0 aliphatic carbocycles. The number of carbonyl (C=O) groups excluding carboxylic acids is 1. The Bertz CT molecular complexity index is 624. The zero-order chi connectivity index (χ0) is 15.2. The highest BCUT2D eigenvalue weighted by Gasteiger charge is 2.09. The minimum absolute atomic E-state index is 0.138. The first-order valence-electron chi connectivity index (χ1n) is 7.02. The summed E-state index contributed by atoms with van der Waals surface area (Å²) in [6, 6.07) is 3.39. The lowest BCUT2D eigenvalue weighted by Gasteiger charge is -2.07. The lowest BCUT2D eigenvalue weighted by Crippen LogP contribution is -2.27. The van der Waals surface area contributed by atoms with E-state index in [4.69, 9.17) is 11.6 Å². The van der Waals surface area contributed by atoms with Gasteiger partial charge in [-0.15, -0.1) is 0 Å². The third-order valence-corrected chi connectivity index (χ3v) is 3.20. The molecule has 0 saturated carbocycles. The van der Waals surface area contributed by atoms with Crippen molar-refractivity contribution in [3.05, 3.63) is 46.5 Å². The van der Waals surface area contributed by atoms with Crippen molar-refractivity contribution in [1.82, 2.24) is 20.1 Å². The number of halogens is 1. The summed E-state index contributed by atoms with van der Waals surface area (Å²) in [6.45, 7) is 5.20. The highest BCUT2D eigenvalue weighted by Crippen LogP contribution is 2.12. The van der Waals surface area contributed by atoms with E-state index in [1.807, 2.05) is 13.1 Å². The maximum absolute atomic E-state index is 12.1. The Balaban J connectivity index is 1.93. The van der Waals surface area contributed by atoms with Crippen molar-refractivity contribution in [2.45, 2.75) is 33.2 Å². The van der Waals surface area contributed by atoms with Crippen molar-refractivity contribution in [2.75, 3.05) is 6.54 Å². The van der Waals surface area contributed by atoms with Gasteiger partial charge in [-0.05, 0) is 31.0 Å². The largest absolute Gasteiger partial charge is 0.350 e. The summed E-state index contributed by atoms with van der Waals surface area (Å²) in [5.74, 6) is -0.138. The van der Waals surface area contributed by atoms with E-state index in [-0.39, 0.29) is 5.91 Å². The minimum atomic E-state index is -0.138. The van der Waals surface area contributed by atoms with Crippen molar-refractivity contribution >= 4 is 17.5 Å². The SMILES string of the molecule is CCCc1cc(C(=O)NCCn2cc(C)cn2)cc(Cl)n1. The standard InChI is InChI=1S/C15H19ClN4O/c1-3-4-13-7-12(8-14(16)19-13)15(21)17-5-6-20-10-11(2)9-18-20/h7-10H,3-6H2,1-2H3,(H,17,21). The Labute approximate surface area is 129 Å². The molecule has 0 fully saturated rings. The average Bonchev–Trinajstić information content (AvgIpc) is 2.84. The summed E-state index contributed by atoms with van der Waals surface area (Å²) in [5.41, 5.74) is 2.50. The fourth-order valence-electron chi connectivity index (χ4n) is 2.04. The van der Waals surface area contributed by atoms with Crippen LogP contribution < -0.4 is 5.32 Å². The van der Waals surface area contributed by atoms with E-state index in [1.54, 1.807) is 23.0 Å². The second-order valence-electron chi connectivity index (χ2n) is 4.96. The van der Waals surface area contributed by atoms with Crippen molar-refractivity contribution in [3.63, 3.8) is 0 Å². The smallest absolute Gasteiger partial charge is 0.251 e. The predicted octanol–water partition coefficient (Wildman–Crippen LogP) is 2.62. The molecule has 112 valence electrons. The maximum Gasteiger partial charge on any atom is 0.251 e. The summed E-state index contributed by atoms with van der Waals surface area (Å²) in [7, 11) is 0. The lowest BCUT2D eigenvalue weighted by molar-refractivity contribution is 0.0951. The number of carbonyl (C=O) groups is 1. The van der Waals surface area contributed by atoms with Gasteiger partial charge in [-0.1, -0.05) is 24.9 Å². The molecule has 0 radical (unpaired) electrons. The van der Waals surface area contributed by atoms with Gasteiger partial charge in [0.05, 0.1) is 12.7 Å². The molecule has 0 atom stereocenters. The summed E-state index contributed by atoms with van der Waals surface area (Å²) in [4.78, 5) is 16.3. The van der Waals surface area contributed by atoms with Gasteiger partial charge in [-0.2, -0.15) is 5.10 Å². The third-order valence-electron chi connectivity index (χ3n) is 3.00. The van der Waals surface area contributed by atoms with Crippen LogP contribution in [0.3, 0.4) is 0 Å². The summed E-state index contributed by atoms with van der Waals surface area (Å²) >= 11 is 5.96. The first kappa shape index (κ1) is 15.5. The number of hydrogen-bond donors (Lipinski definition) is 1. The molecule has 0 aromatic carbocycles. The van der Waals surface area contributed by atoms with Crippen LogP contribution in [-0.4, -0.2) is 27.2 Å². The fraction of sp³-hybridized carbons (Fsp3) is 0.400. The Morgan fingerprint density at radius 2 is 2.24 bits per heavy atom. The molecule has 2 heterocycles. The van der Waals surface area contributed by atoms with Gasteiger partial charge in [-0.25, -0.2) is 4.98 Å². The van der Waals surface area contributed by atoms with Crippen LogP contribution in [0.25, 0.3) is 0 Å². The summed E-state index contributed by atoms with van der Waals surface area (Å²) < 4.78 is 1.80. The highest BCUT2D eigenvalue weighted by atomic mass is 35.5. The predicted molar refractivity (Wildman–Crippen MR) is 82.5 cm³/mol. The number of aromatic nitrogens is 3. The van der Waals surface area contributed by atoms with E-state index >= 15 is 0 Å². The third kappa shape index (κ3) is 4.56. The molecule has 1 amide bonds. The topological polar surface area (TPSA) is 59.8 Å². The second-order valence-corrected chi connectivity index (χ2v) is 5.34. The molecular weight excluding hydrogens is 288 g/mol. The first-order chi connectivity index (χ1) is 10.1. The van der Waals surface area contributed by atoms with Crippen LogP contribution in [0.4, 0.5) is 0 Å².